The van der Waals surface area contributed by atoms with Gasteiger partial charge in [-0.3, -0.25) is 0 Å². The molecule has 0 saturated carbocycles. The van der Waals surface area contributed by atoms with Crippen molar-refractivity contribution in [2.45, 2.75) is 46.1 Å². The molecule has 0 fully saturated rings. The van der Waals surface area contributed by atoms with Crippen molar-refractivity contribution in [2.24, 2.45) is 0 Å². The summed E-state index contributed by atoms with van der Waals surface area (Å²) in [6.45, 7) is 11.9. The summed E-state index contributed by atoms with van der Waals surface area (Å²) in [5.41, 5.74) is 4.17. The second-order valence-electron chi connectivity index (χ2n) is 7.47. The Bertz CT molecular complexity index is 789. The fraction of sp³-hybridized carbons (Fsp3) is 0.391. The van der Waals surface area contributed by atoms with Crippen molar-refractivity contribution in [1.29, 1.82) is 0 Å². The van der Waals surface area contributed by atoms with Gasteiger partial charge < -0.3 is 10.6 Å². The molecule has 0 aliphatic rings. The molecule has 26 heavy (non-hydrogen) atoms. The van der Waals surface area contributed by atoms with Crippen LogP contribution in [0, 0.1) is 0 Å². The van der Waals surface area contributed by atoms with Crippen LogP contribution in [0.1, 0.15) is 55.5 Å². The molecule has 3 heteroatoms. The van der Waals surface area contributed by atoms with Crippen molar-refractivity contribution >= 4 is 27.1 Å². The van der Waals surface area contributed by atoms with Crippen molar-refractivity contribution in [2.75, 3.05) is 18.4 Å². The van der Waals surface area contributed by atoms with Crippen LogP contribution in [0.2, 0.25) is 0 Å². The molecule has 3 rings (SSSR count). The van der Waals surface area contributed by atoms with Gasteiger partial charge in [-0.1, -0.05) is 64.1 Å². The van der Waals surface area contributed by atoms with Crippen LogP contribution in [0.25, 0.3) is 10.1 Å². The Kier molecular flexibility index (Phi) is 6.33. The molecule has 3 aromatic rings. The second-order valence-corrected chi connectivity index (χ2v) is 8.64. The first-order valence-corrected chi connectivity index (χ1v) is 10.4. The lowest BCUT2D eigenvalue weighted by Gasteiger charge is -2.21. The summed E-state index contributed by atoms with van der Waals surface area (Å²) in [7, 11) is 0. The predicted octanol–water partition coefficient (Wildman–Crippen LogP) is 6.35. The van der Waals surface area contributed by atoms with E-state index in [1.54, 1.807) is 0 Å². The average molecular weight is 367 g/mol. The second kappa shape index (κ2) is 8.70. The molecular weight excluding hydrogens is 336 g/mol. The van der Waals surface area contributed by atoms with Gasteiger partial charge in [-0.05, 0) is 40.5 Å². The highest BCUT2D eigenvalue weighted by Gasteiger charge is 2.13. The van der Waals surface area contributed by atoms with E-state index < -0.39 is 0 Å². The first kappa shape index (κ1) is 18.9. The Balaban J connectivity index is 1.56. The quantitative estimate of drug-likeness (QED) is 0.454. The minimum absolute atomic E-state index is 0.530. The first-order chi connectivity index (χ1) is 12.6. The van der Waals surface area contributed by atoms with Gasteiger partial charge in [0.05, 0.1) is 0 Å². The van der Waals surface area contributed by atoms with Crippen molar-refractivity contribution in [3.63, 3.8) is 0 Å². The number of nitrogens with one attached hydrogen (secondary N) is 2. The maximum absolute atomic E-state index is 3.70. The van der Waals surface area contributed by atoms with Crippen molar-refractivity contribution < 1.29 is 0 Å². The molecular formula is C23H30N2S. The molecule has 1 aromatic heterocycles. The van der Waals surface area contributed by atoms with Crippen molar-refractivity contribution in [3.8, 4) is 0 Å². The van der Waals surface area contributed by atoms with Crippen LogP contribution >= 0.6 is 11.3 Å². The summed E-state index contributed by atoms with van der Waals surface area (Å²) in [6.07, 6.45) is 0. The third kappa shape index (κ3) is 4.46. The van der Waals surface area contributed by atoms with Gasteiger partial charge in [0.1, 0.15) is 0 Å². The number of hydrogen-bond acceptors (Lipinski definition) is 3. The molecule has 0 spiro atoms. The van der Waals surface area contributed by atoms with Crippen LogP contribution in [0.15, 0.2) is 48.5 Å². The van der Waals surface area contributed by atoms with Crippen molar-refractivity contribution in [3.05, 3.63) is 64.5 Å². The number of anilines is 1. The fourth-order valence-corrected chi connectivity index (χ4v) is 4.40. The highest BCUT2D eigenvalue weighted by atomic mass is 32.1. The SMILES string of the molecule is CC(C)c1cccc(C(C)C)c1NCCNCc1cc2ccccc2s1. The molecule has 0 aliphatic carbocycles. The van der Waals surface area contributed by atoms with E-state index in [-0.39, 0.29) is 0 Å². The molecule has 0 bridgehead atoms. The number of thiophene rings is 1. The van der Waals surface area contributed by atoms with Crippen molar-refractivity contribution in [1.82, 2.24) is 5.32 Å². The monoisotopic (exact) mass is 366 g/mol. The number of rotatable bonds is 8. The summed E-state index contributed by atoms with van der Waals surface area (Å²) in [5, 5.41) is 8.62. The molecule has 2 aromatic carbocycles. The predicted molar refractivity (Wildman–Crippen MR) is 117 cm³/mol. The van der Waals surface area contributed by atoms with Crippen LogP contribution < -0.4 is 10.6 Å². The Labute approximate surface area is 161 Å². The highest BCUT2D eigenvalue weighted by molar-refractivity contribution is 7.19. The fourth-order valence-electron chi connectivity index (χ4n) is 3.37. The van der Waals surface area contributed by atoms with E-state index >= 15 is 0 Å². The molecule has 0 amide bonds. The highest BCUT2D eigenvalue weighted by Crippen LogP contribution is 2.32. The van der Waals surface area contributed by atoms with E-state index in [9.17, 15) is 0 Å². The largest absolute Gasteiger partial charge is 0.383 e. The Hall–Kier alpha value is -1.84. The number of fused-ring (bicyclic) bond motifs is 1. The summed E-state index contributed by atoms with van der Waals surface area (Å²) >= 11 is 1.88. The van der Waals surface area contributed by atoms with Crippen LogP contribution in [0.4, 0.5) is 5.69 Å². The number of hydrogen-bond donors (Lipinski definition) is 2. The normalized spacial score (nSPS) is 11.6. The number of benzene rings is 2. The molecule has 0 unspecified atom stereocenters. The third-order valence-corrected chi connectivity index (χ3v) is 5.87. The smallest absolute Gasteiger partial charge is 0.0410 e. The summed E-state index contributed by atoms with van der Waals surface area (Å²) in [4.78, 5) is 1.40. The van der Waals surface area contributed by atoms with Crippen LogP contribution in [-0.4, -0.2) is 13.1 Å². The van der Waals surface area contributed by atoms with Gasteiger partial charge in [0.15, 0.2) is 0 Å². The number of para-hydroxylation sites is 1. The minimum Gasteiger partial charge on any atom is -0.383 e. The van der Waals surface area contributed by atoms with Crippen LogP contribution in [-0.2, 0) is 6.54 Å². The van der Waals surface area contributed by atoms with E-state index in [1.165, 1.54) is 31.8 Å². The van der Waals surface area contributed by atoms with Gasteiger partial charge in [-0.2, -0.15) is 0 Å². The molecule has 2 N–H and O–H groups in total. The lowest BCUT2D eigenvalue weighted by molar-refractivity contribution is 0.712. The van der Waals surface area contributed by atoms with E-state index in [0.29, 0.717) is 11.8 Å². The summed E-state index contributed by atoms with van der Waals surface area (Å²) in [5.74, 6) is 1.06. The van der Waals surface area contributed by atoms with E-state index in [1.807, 2.05) is 11.3 Å². The zero-order valence-electron chi connectivity index (χ0n) is 16.3. The van der Waals surface area contributed by atoms with Gasteiger partial charge in [0.25, 0.3) is 0 Å². The van der Waals surface area contributed by atoms with Gasteiger partial charge in [0, 0.05) is 34.9 Å². The lowest BCUT2D eigenvalue weighted by Crippen LogP contribution is -2.22. The van der Waals surface area contributed by atoms with E-state index in [2.05, 4.69) is 86.9 Å². The molecule has 0 saturated heterocycles. The standard InChI is InChI=1S/C23H30N2S/c1-16(2)20-9-7-10-21(17(3)4)23(20)25-13-12-24-15-19-14-18-8-5-6-11-22(18)26-19/h5-11,14,16-17,24-25H,12-13,15H2,1-4H3. The Morgan fingerprint density at radius 1 is 0.846 bits per heavy atom. The zero-order chi connectivity index (χ0) is 18.5. The lowest BCUT2D eigenvalue weighted by atomic mass is 9.92. The Morgan fingerprint density at radius 3 is 2.19 bits per heavy atom. The zero-order valence-corrected chi connectivity index (χ0v) is 17.1. The van der Waals surface area contributed by atoms with Gasteiger partial charge in [-0.25, -0.2) is 0 Å². The average Bonchev–Trinajstić information content (AvgIpc) is 3.03. The third-order valence-electron chi connectivity index (χ3n) is 4.75. The van der Waals surface area contributed by atoms with Gasteiger partial charge in [-0.15, -0.1) is 11.3 Å². The topological polar surface area (TPSA) is 24.1 Å². The maximum atomic E-state index is 3.70. The minimum atomic E-state index is 0.530. The van der Waals surface area contributed by atoms with Gasteiger partial charge >= 0.3 is 0 Å². The molecule has 0 atom stereocenters. The summed E-state index contributed by atoms with van der Waals surface area (Å²) < 4.78 is 1.37. The molecule has 0 radical (unpaired) electrons. The molecule has 1 heterocycles. The Morgan fingerprint density at radius 2 is 1.54 bits per heavy atom. The molecule has 0 aliphatic heterocycles. The van der Waals surface area contributed by atoms with E-state index in [4.69, 9.17) is 0 Å². The molecule has 138 valence electrons. The first-order valence-electron chi connectivity index (χ1n) is 9.61. The van der Waals surface area contributed by atoms with Crippen LogP contribution in [0.3, 0.4) is 0 Å². The van der Waals surface area contributed by atoms with Gasteiger partial charge in [0.2, 0.25) is 0 Å². The summed E-state index contributed by atoms with van der Waals surface area (Å²) in [6, 6.07) is 17.6. The molecule has 2 nitrogen and oxygen atoms in total. The maximum Gasteiger partial charge on any atom is 0.0410 e. The van der Waals surface area contributed by atoms with Crippen LogP contribution in [0.5, 0.6) is 0 Å². The van der Waals surface area contributed by atoms with E-state index in [0.717, 1.165) is 19.6 Å².